The Bertz CT molecular complexity index is 474. The summed E-state index contributed by atoms with van der Waals surface area (Å²) in [6.07, 6.45) is 4.08. The van der Waals surface area contributed by atoms with Crippen LogP contribution >= 0.6 is 15.9 Å². The van der Waals surface area contributed by atoms with Gasteiger partial charge in [0.1, 0.15) is 11.6 Å². The monoisotopic (exact) mass is 297 g/mol. The summed E-state index contributed by atoms with van der Waals surface area (Å²) in [5.41, 5.74) is 2.40. The van der Waals surface area contributed by atoms with Crippen molar-refractivity contribution in [2.24, 2.45) is 5.84 Å². The third-order valence-electron chi connectivity index (χ3n) is 2.12. The summed E-state index contributed by atoms with van der Waals surface area (Å²) in [7, 11) is 0. The number of nitrogens with one attached hydrogen (secondary N) is 2. The maximum Gasteiger partial charge on any atom is 0.239 e. The zero-order valence-corrected chi connectivity index (χ0v) is 10.6. The first-order valence-corrected chi connectivity index (χ1v) is 5.84. The molecule has 0 aromatic carbocycles. The Morgan fingerprint density at radius 1 is 1.47 bits per heavy atom. The minimum atomic E-state index is 0.369. The fourth-order valence-corrected chi connectivity index (χ4v) is 1.65. The topological polar surface area (TPSA) is 89.0 Å². The van der Waals surface area contributed by atoms with E-state index in [0.29, 0.717) is 18.3 Å². The zero-order valence-electron chi connectivity index (χ0n) is 8.98. The van der Waals surface area contributed by atoms with Crippen molar-refractivity contribution in [2.75, 3.05) is 17.3 Å². The van der Waals surface area contributed by atoms with Gasteiger partial charge in [0.15, 0.2) is 0 Å². The molecule has 0 bridgehead atoms. The number of furan rings is 1. The van der Waals surface area contributed by atoms with E-state index < -0.39 is 0 Å². The fraction of sp³-hybridized carbons (Fsp3) is 0.200. The third kappa shape index (κ3) is 3.18. The van der Waals surface area contributed by atoms with Crippen LogP contribution in [0.15, 0.2) is 33.5 Å². The van der Waals surface area contributed by atoms with Crippen molar-refractivity contribution in [1.29, 1.82) is 0 Å². The van der Waals surface area contributed by atoms with Crippen LogP contribution in [-0.4, -0.2) is 16.5 Å². The molecule has 0 atom stereocenters. The average molecular weight is 298 g/mol. The van der Waals surface area contributed by atoms with Crippen LogP contribution in [0.1, 0.15) is 5.76 Å². The van der Waals surface area contributed by atoms with E-state index in [1.807, 2.05) is 12.1 Å². The lowest BCUT2D eigenvalue weighted by Crippen LogP contribution is -2.13. The molecular weight excluding hydrogens is 286 g/mol. The van der Waals surface area contributed by atoms with Crippen LogP contribution in [0.25, 0.3) is 0 Å². The van der Waals surface area contributed by atoms with Crippen molar-refractivity contribution >= 4 is 27.7 Å². The van der Waals surface area contributed by atoms with E-state index >= 15 is 0 Å². The van der Waals surface area contributed by atoms with E-state index in [1.165, 1.54) is 0 Å². The van der Waals surface area contributed by atoms with Crippen LogP contribution in [0.5, 0.6) is 0 Å². The largest absolute Gasteiger partial charge is 0.469 e. The number of nitrogens with zero attached hydrogens (tertiary/aromatic N) is 2. The van der Waals surface area contributed by atoms with Gasteiger partial charge in [-0.3, -0.25) is 5.43 Å². The first-order chi connectivity index (χ1) is 8.29. The Kier molecular flexibility index (Phi) is 3.94. The number of rotatable bonds is 5. The molecule has 0 radical (unpaired) electrons. The molecule has 0 aliphatic carbocycles. The predicted molar refractivity (Wildman–Crippen MR) is 68.4 cm³/mol. The maximum absolute atomic E-state index is 5.24. The highest BCUT2D eigenvalue weighted by Gasteiger charge is 2.04. The smallest absolute Gasteiger partial charge is 0.239 e. The minimum Gasteiger partial charge on any atom is -0.469 e. The molecule has 2 rings (SSSR count). The SMILES string of the molecule is NNc1ncc(Br)c(NCCc2ccco2)n1. The molecule has 4 N–H and O–H groups in total. The summed E-state index contributed by atoms with van der Waals surface area (Å²) in [5.74, 6) is 7.24. The minimum absolute atomic E-state index is 0.369. The van der Waals surface area contributed by atoms with Crippen LogP contribution in [-0.2, 0) is 6.42 Å². The quantitative estimate of drug-likeness (QED) is 0.576. The second-order valence-electron chi connectivity index (χ2n) is 3.29. The number of anilines is 2. The van der Waals surface area contributed by atoms with E-state index in [9.17, 15) is 0 Å². The molecular formula is C10H12BrN5O. The zero-order chi connectivity index (χ0) is 12.1. The van der Waals surface area contributed by atoms with Gasteiger partial charge in [0.05, 0.1) is 10.7 Å². The number of hydrazine groups is 1. The molecule has 0 saturated heterocycles. The highest BCUT2D eigenvalue weighted by atomic mass is 79.9. The normalized spacial score (nSPS) is 10.2. The van der Waals surface area contributed by atoms with Crippen molar-refractivity contribution in [2.45, 2.75) is 6.42 Å². The van der Waals surface area contributed by atoms with E-state index in [1.54, 1.807) is 12.5 Å². The van der Waals surface area contributed by atoms with Gasteiger partial charge in [0.25, 0.3) is 0 Å². The van der Waals surface area contributed by atoms with E-state index in [-0.39, 0.29) is 0 Å². The van der Waals surface area contributed by atoms with Gasteiger partial charge in [-0.25, -0.2) is 10.8 Å². The molecule has 90 valence electrons. The molecule has 6 nitrogen and oxygen atoms in total. The van der Waals surface area contributed by atoms with Crippen LogP contribution < -0.4 is 16.6 Å². The van der Waals surface area contributed by atoms with Crippen LogP contribution in [0, 0.1) is 0 Å². The number of nitrogen functional groups attached to an aromatic ring is 1. The molecule has 2 aromatic rings. The summed E-state index contributed by atoms with van der Waals surface area (Å²) >= 11 is 3.36. The first kappa shape index (κ1) is 11.9. The molecule has 0 spiro atoms. The lowest BCUT2D eigenvalue weighted by atomic mass is 10.3. The van der Waals surface area contributed by atoms with Crippen molar-refractivity contribution in [3.05, 3.63) is 34.8 Å². The highest BCUT2D eigenvalue weighted by molar-refractivity contribution is 9.10. The molecule has 0 aliphatic rings. The Labute approximate surface area is 107 Å². The highest BCUT2D eigenvalue weighted by Crippen LogP contribution is 2.19. The number of hydrogen-bond acceptors (Lipinski definition) is 6. The summed E-state index contributed by atoms with van der Waals surface area (Å²) in [4.78, 5) is 8.14. The Hall–Kier alpha value is -1.60. The lowest BCUT2D eigenvalue weighted by Gasteiger charge is -2.07. The number of nitrogens with two attached hydrogens (primary N) is 1. The number of hydrogen-bond donors (Lipinski definition) is 3. The van der Waals surface area contributed by atoms with Gasteiger partial charge in [0, 0.05) is 19.2 Å². The van der Waals surface area contributed by atoms with E-state index in [2.05, 4.69) is 36.6 Å². The van der Waals surface area contributed by atoms with Gasteiger partial charge in [-0.1, -0.05) is 0 Å². The summed E-state index contributed by atoms with van der Waals surface area (Å²) < 4.78 is 6.02. The average Bonchev–Trinajstić information content (AvgIpc) is 2.84. The fourth-order valence-electron chi connectivity index (χ4n) is 1.32. The van der Waals surface area contributed by atoms with Crippen LogP contribution in [0.4, 0.5) is 11.8 Å². The third-order valence-corrected chi connectivity index (χ3v) is 2.70. The van der Waals surface area contributed by atoms with Crippen molar-refractivity contribution in [1.82, 2.24) is 9.97 Å². The Morgan fingerprint density at radius 3 is 3.06 bits per heavy atom. The molecule has 0 unspecified atom stereocenters. The summed E-state index contributed by atoms with van der Waals surface area (Å²) in [5, 5.41) is 3.17. The van der Waals surface area contributed by atoms with Crippen molar-refractivity contribution < 1.29 is 4.42 Å². The van der Waals surface area contributed by atoms with Gasteiger partial charge in [-0.2, -0.15) is 4.98 Å². The van der Waals surface area contributed by atoms with Gasteiger partial charge in [-0.05, 0) is 28.1 Å². The van der Waals surface area contributed by atoms with Crippen molar-refractivity contribution in [3.8, 4) is 0 Å². The first-order valence-electron chi connectivity index (χ1n) is 5.05. The van der Waals surface area contributed by atoms with Gasteiger partial charge < -0.3 is 9.73 Å². The molecule has 0 fully saturated rings. The Balaban J connectivity index is 1.94. The van der Waals surface area contributed by atoms with Crippen LogP contribution in [0.3, 0.4) is 0 Å². The summed E-state index contributed by atoms with van der Waals surface area (Å²) in [6, 6.07) is 3.80. The van der Waals surface area contributed by atoms with Gasteiger partial charge >= 0.3 is 0 Å². The van der Waals surface area contributed by atoms with Gasteiger partial charge in [-0.15, -0.1) is 0 Å². The molecule has 0 saturated carbocycles. The standard InChI is InChI=1S/C10H12BrN5O/c11-8-6-14-10(16-12)15-9(8)13-4-3-7-2-1-5-17-7/h1-2,5-6H,3-4,12H2,(H2,13,14,15,16). The Morgan fingerprint density at radius 2 is 2.35 bits per heavy atom. The molecule has 0 aliphatic heterocycles. The predicted octanol–water partition coefficient (Wildman–Crippen LogP) is 1.77. The maximum atomic E-state index is 5.24. The summed E-state index contributed by atoms with van der Waals surface area (Å²) in [6.45, 7) is 0.715. The number of halogens is 1. The molecule has 2 heterocycles. The van der Waals surface area contributed by atoms with Gasteiger partial charge in [0.2, 0.25) is 5.95 Å². The second kappa shape index (κ2) is 5.65. The molecule has 17 heavy (non-hydrogen) atoms. The second-order valence-corrected chi connectivity index (χ2v) is 4.14. The van der Waals surface area contributed by atoms with Crippen LogP contribution in [0.2, 0.25) is 0 Å². The van der Waals surface area contributed by atoms with E-state index in [0.717, 1.165) is 16.7 Å². The number of aromatic nitrogens is 2. The van der Waals surface area contributed by atoms with Crippen molar-refractivity contribution in [3.63, 3.8) is 0 Å². The molecule has 7 heteroatoms. The lowest BCUT2D eigenvalue weighted by molar-refractivity contribution is 0.513. The molecule has 0 amide bonds. The van der Waals surface area contributed by atoms with E-state index in [4.69, 9.17) is 10.3 Å². The molecule has 2 aromatic heterocycles.